The summed E-state index contributed by atoms with van der Waals surface area (Å²) in [6.07, 6.45) is 0. The minimum Gasteiger partial charge on any atom is -0.491 e. The minimum atomic E-state index is -0.232. The molecule has 0 radical (unpaired) electrons. The van der Waals surface area contributed by atoms with E-state index in [2.05, 4.69) is 10.6 Å². The van der Waals surface area contributed by atoms with Crippen LogP contribution in [0.5, 0.6) is 5.75 Å². The third-order valence-corrected chi connectivity index (χ3v) is 3.73. The molecule has 27 heavy (non-hydrogen) atoms. The largest absolute Gasteiger partial charge is 0.491 e. The fourth-order valence-electron chi connectivity index (χ4n) is 2.22. The lowest BCUT2D eigenvalue weighted by molar-refractivity contribution is -0.118. The van der Waals surface area contributed by atoms with Gasteiger partial charge in [-0.1, -0.05) is 19.9 Å². The highest BCUT2D eigenvalue weighted by Gasteiger charge is 2.09. The average molecular weight is 370 g/mol. The van der Waals surface area contributed by atoms with Gasteiger partial charge in [-0.05, 0) is 49.4 Å². The Hall–Kier alpha value is -2.86. The molecule has 0 aliphatic carbocycles. The summed E-state index contributed by atoms with van der Waals surface area (Å²) in [7, 11) is 0. The second kappa shape index (κ2) is 10.3. The normalized spacial score (nSPS) is 10.5. The van der Waals surface area contributed by atoms with E-state index in [0.29, 0.717) is 42.5 Å². The number of hydrogen-bond donors (Lipinski definition) is 2. The van der Waals surface area contributed by atoms with Crippen LogP contribution in [0.1, 0.15) is 31.1 Å². The van der Waals surface area contributed by atoms with Crippen molar-refractivity contribution in [1.82, 2.24) is 0 Å². The number of hydrogen-bond acceptors (Lipinski definition) is 4. The molecule has 2 aromatic carbocycles. The molecular weight excluding hydrogens is 344 g/mol. The fourth-order valence-corrected chi connectivity index (χ4v) is 2.22. The number of rotatable bonds is 9. The van der Waals surface area contributed by atoms with E-state index < -0.39 is 0 Å². The molecule has 0 saturated heterocycles. The van der Waals surface area contributed by atoms with Gasteiger partial charge in [0, 0.05) is 29.5 Å². The zero-order chi connectivity index (χ0) is 19.6. The molecule has 0 aliphatic heterocycles. The van der Waals surface area contributed by atoms with Crippen LogP contribution in [0.25, 0.3) is 0 Å². The van der Waals surface area contributed by atoms with Gasteiger partial charge in [-0.2, -0.15) is 0 Å². The highest BCUT2D eigenvalue weighted by atomic mass is 16.5. The second-order valence-corrected chi connectivity index (χ2v) is 6.25. The van der Waals surface area contributed by atoms with Gasteiger partial charge >= 0.3 is 0 Å². The van der Waals surface area contributed by atoms with Crippen molar-refractivity contribution < 1.29 is 19.1 Å². The van der Waals surface area contributed by atoms with Gasteiger partial charge in [0.25, 0.3) is 5.91 Å². The van der Waals surface area contributed by atoms with Crippen LogP contribution in [-0.2, 0) is 9.53 Å². The second-order valence-electron chi connectivity index (χ2n) is 6.25. The molecule has 0 spiro atoms. The van der Waals surface area contributed by atoms with Gasteiger partial charge in [0.15, 0.2) is 0 Å². The minimum absolute atomic E-state index is 0.0482. The molecule has 2 aromatic rings. The molecule has 0 bridgehead atoms. The molecular formula is C21H26N2O4. The Bertz CT molecular complexity index is 757. The molecule has 0 saturated carbocycles. The summed E-state index contributed by atoms with van der Waals surface area (Å²) in [4.78, 5) is 24.1. The number of carbonyl (C=O) groups excluding carboxylic acids is 2. The predicted molar refractivity (Wildman–Crippen MR) is 106 cm³/mol. The number of carbonyl (C=O) groups is 2. The van der Waals surface area contributed by atoms with Gasteiger partial charge in [0.05, 0.1) is 6.61 Å². The standard InChI is InChI=1S/C21H26N2O4/c1-4-26-12-13-27-19-7-5-6-16(14-19)21(25)23-18-10-8-17(9-11-18)22-20(24)15(2)3/h5-11,14-15H,4,12-13H2,1-3H3,(H,22,24)(H,23,25). The van der Waals surface area contributed by atoms with Crippen molar-refractivity contribution in [3.05, 3.63) is 54.1 Å². The number of ether oxygens (including phenoxy) is 2. The zero-order valence-electron chi connectivity index (χ0n) is 16.0. The summed E-state index contributed by atoms with van der Waals surface area (Å²) in [5.74, 6) is 0.249. The van der Waals surface area contributed by atoms with Crippen LogP contribution in [0.15, 0.2) is 48.5 Å². The lowest BCUT2D eigenvalue weighted by Crippen LogP contribution is -2.17. The number of anilines is 2. The first-order valence-electron chi connectivity index (χ1n) is 9.02. The van der Waals surface area contributed by atoms with E-state index in [-0.39, 0.29) is 17.7 Å². The Balaban J connectivity index is 1.93. The molecule has 0 aliphatic rings. The first-order chi connectivity index (χ1) is 13.0. The van der Waals surface area contributed by atoms with Crippen LogP contribution >= 0.6 is 0 Å². The Morgan fingerprint density at radius 2 is 1.63 bits per heavy atom. The number of benzene rings is 2. The van der Waals surface area contributed by atoms with Gasteiger partial charge in [-0.15, -0.1) is 0 Å². The van der Waals surface area contributed by atoms with Gasteiger partial charge in [-0.3, -0.25) is 9.59 Å². The summed E-state index contributed by atoms with van der Waals surface area (Å²) >= 11 is 0. The van der Waals surface area contributed by atoms with E-state index >= 15 is 0 Å². The molecule has 0 aromatic heterocycles. The summed E-state index contributed by atoms with van der Waals surface area (Å²) in [5, 5.41) is 5.64. The van der Waals surface area contributed by atoms with Crippen molar-refractivity contribution in [2.45, 2.75) is 20.8 Å². The molecule has 2 amide bonds. The summed E-state index contributed by atoms with van der Waals surface area (Å²) in [5.41, 5.74) is 1.84. The Morgan fingerprint density at radius 1 is 0.963 bits per heavy atom. The van der Waals surface area contributed by atoms with Gasteiger partial charge in [0.1, 0.15) is 12.4 Å². The monoisotopic (exact) mass is 370 g/mol. The van der Waals surface area contributed by atoms with Crippen molar-refractivity contribution in [2.24, 2.45) is 5.92 Å². The van der Waals surface area contributed by atoms with E-state index in [1.807, 2.05) is 20.8 Å². The first kappa shape index (κ1) is 20.5. The first-order valence-corrected chi connectivity index (χ1v) is 9.02. The van der Waals surface area contributed by atoms with E-state index in [4.69, 9.17) is 9.47 Å². The molecule has 0 fully saturated rings. The fraction of sp³-hybridized carbons (Fsp3) is 0.333. The van der Waals surface area contributed by atoms with E-state index in [1.54, 1.807) is 48.5 Å². The topological polar surface area (TPSA) is 76.7 Å². The van der Waals surface area contributed by atoms with Crippen LogP contribution in [0.4, 0.5) is 11.4 Å². The van der Waals surface area contributed by atoms with Gasteiger partial charge in [0.2, 0.25) is 5.91 Å². The highest BCUT2D eigenvalue weighted by Crippen LogP contribution is 2.17. The lowest BCUT2D eigenvalue weighted by atomic mass is 10.2. The van der Waals surface area contributed by atoms with Crippen LogP contribution < -0.4 is 15.4 Å². The summed E-state index contributed by atoms with van der Waals surface area (Å²) in [6, 6.07) is 14.0. The third kappa shape index (κ3) is 6.75. The summed E-state index contributed by atoms with van der Waals surface area (Å²) in [6.45, 7) is 7.17. The predicted octanol–water partition coefficient (Wildman–Crippen LogP) is 3.95. The maximum Gasteiger partial charge on any atom is 0.255 e. The molecule has 0 heterocycles. The quantitative estimate of drug-likeness (QED) is 0.655. The van der Waals surface area contributed by atoms with Crippen LogP contribution in [0.3, 0.4) is 0 Å². The Labute approximate surface area is 159 Å². The van der Waals surface area contributed by atoms with Crippen molar-refractivity contribution in [3.8, 4) is 5.75 Å². The number of amides is 2. The van der Waals surface area contributed by atoms with E-state index in [1.165, 1.54) is 0 Å². The molecule has 6 nitrogen and oxygen atoms in total. The molecule has 6 heteroatoms. The zero-order valence-corrected chi connectivity index (χ0v) is 16.0. The van der Waals surface area contributed by atoms with Crippen molar-refractivity contribution in [2.75, 3.05) is 30.5 Å². The average Bonchev–Trinajstić information content (AvgIpc) is 2.67. The van der Waals surface area contributed by atoms with Crippen LogP contribution in [0.2, 0.25) is 0 Å². The lowest BCUT2D eigenvalue weighted by Gasteiger charge is -2.10. The third-order valence-electron chi connectivity index (χ3n) is 3.73. The maximum absolute atomic E-state index is 12.4. The smallest absolute Gasteiger partial charge is 0.255 e. The van der Waals surface area contributed by atoms with Crippen LogP contribution in [-0.4, -0.2) is 31.6 Å². The van der Waals surface area contributed by atoms with Crippen LogP contribution in [0, 0.1) is 5.92 Å². The molecule has 2 rings (SSSR count). The molecule has 2 N–H and O–H groups in total. The SMILES string of the molecule is CCOCCOc1cccc(C(=O)Nc2ccc(NC(=O)C(C)C)cc2)c1. The van der Waals surface area contributed by atoms with Gasteiger partial charge < -0.3 is 20.1 Å². The Kier molecular flexibility index (Phi) is 7.82. The maximum atomic E-state index is 12.4. The van der Waals surface area contributed by atoms with E-state index in [0.717, 1.165) is 0 Å². The van der Waals surface area contributed by atoms with Crippen molar-refractivity contribution in [1.29, 1.82) is 0 Å². The van der Waals surface area contributed by atoms with Crippen molar-refractivity contribution in [3.63, 3.8) is 0 Å². The highest BCUT2D eigenvalue weighted by molar-refractivity contribution is 6.04. The molecule has 144 valence electrons. The summed E-state index contributed by atoms with van der Waals surface area (Å²) < 4.78 is 10.8. The molecule has 0 atom stereocenters. The van der Waals surface area contributed by atoms with E-state index in [9.17, 15) is 9.59 Å². The Morgan fingerprint density at radius 3 is 2.26 bits per heavy atom. The molecule has 0 unspecified atom stereocenters. The van der Waals surface area contributed by atoms with Crippen molar-refractivity contribution >= 4 is 23.2 Å². The number of nitrogens with one attached hydrogen (secondary N) is 2. The van der Waals surface area contributed by atoms with Gasteiger partial charge in [-0.25, -0.2) is 0 Å².